The second kappa shape index (κ2) is 6.69. The van der Waals surface area contributed by atoms with Gasteiger partial charge in [0, 0.05) is 13.0 Å². The van der Waals surface area contributed by atoms with Gasteiger partial charge in [0.1, 0.15) is 5.60 Å². The van der Waals surface area contributed by atoms with Crippen LogP contribution in [0, 0.1) is 6.92 Å². The summed E-state index contributed by atoms with van der Waals surface area (Å²) in [5.41, 5.74) is 1.67. The van der Waals surface area contributed by atoms with Gasteiger partial charge >= 0.3 is 0 Å². The minimum Gasteiger partial charge on any atom is -0.368 e. The van der Waals surface area contributed by atoms with Crippen LogP contribution in [-0.4, -0.2) is 18.0 Å². The van der Waals surface area contributed by atoms with E-state index in [9.17, 15) is 4.79 Å². The Hall–Kier alpha value is -1.15. The van der Waals surface area contributed by atoms with Gasteiger partial charge in [-0.3, -0.25) is 4.79 Å². The van der Waals surface area contributed by atoms with Crippen LogP contribution < -0.4 is 0 Å². The van der Waals surface area contributed by atoms with Crippen molar-refractivity contribution in [2.24, 2.45) is 0 Å². The summed E-state index contributed by atoms with van der Waals surface area (Å²) < 4.78 is 5.74. The topological polar surface area (TPSA) is 26.3 Å². The lowest BCUT2D eigenvalue weighted by Gasteiger charge is -2.30. The predicted molar refractivity (Wildman–Crippen MR) is 74.8 cm³/mol. The number of ketones is 1. The maximum absolute atomic E-state index is 12.5. The van der Waals surface area contributed by atoms with Crippen molar-refractivity contribution in [1.29, 1.82) is 0 Å². The van der Waals surface area contributed by atoms with E-state index in [0.29, 0.717) is 13.0 Å². The first kappa shape index (κ1) is 14.9. The van der Waals surface area contributed by atoms with E-state index in [1.165, 1.54) is 5.56 Å². The van der Waals surface area contributed by atoms with Crippen LogP contribution in [0.1, 0.15) is 44.7 Å². The van der Waals surface area contributed by atoms with Gasteiger partial charge in [0.05, 0.1) is 0 Å². The van der Waals surface area contributed by atoms with Crippen LogP contribution >= 0.6 is 0 Å². The first-order valence-electron chi connectivity index (χ1n) is 6.80. The predicted octanol–water partition coefficient (Wildman–Crippen LogP) is 3.70. The van der Waals surface area contributed by atoms with Gasteiger partial charge in [-0.25, -0.2) is 0 Å². The molecule has 0 aliphatic rings. The van der Waals surface area contributed by atoms with E-state index in [1.807, 2.05) is 45.9 Å². The van der Waals surface area contributed by atoms with Crippen molar-refractivity contribution in [3.05, 3.63) is 35.4 Å². The summed E-state index contributed by atoms with van der Waals surface area (Å²) in [5.74, 6) is 0.194. The van der Waals surface area contributed by atoms with Crippen molar-refractivity contribution >= 4 is 5.78 Å². The molecule has 0 aromatic heterocycles. The molecule has 0 aliphatic carbocycles. The maximum Gasteiger partial charge on any atom is 0.168 e. The van der Waals surface area contributed by atoms with Crippen LogP contribution in [0.15, 0.2) is 24.3 Å². The van der Waals surface area contributed by atoms with Gasteiger partial charge in [-0.1, -0.05) is 43.7 Å². The van der Waals surface area contributed by atoms with E-state index < -0.39 is 5.60 Å². The van der Waals surface area contributed by atoms with E-state index >= 15 is 0 Å². The molecule has 0 radical (unpaired) electrons. The molecule has 0 N–H and O–H groups in total. The zero-order chi connectivity index (χ0) is 13.6. The van der Waals surface area contributed by atoms with Gasteiger partial charge in [0.15, 0.2) is 5.78 Å². The molecule has 100 valence electrons. The summed E-state index contributed by atoms with van der Waals surface area (Å²) >= 11 is 0. The smallest absolute Gasteiger partial charge is 0.168 e. The first-order chi connectivity index (χ1) is 8.57. The summed E-state index contributed by atoms with van der Waals surface area (Å²) in [6, 6.07) is 8.12. The molecule has 0 unspecified atom stereocenters. The number of ether oxygens (including phenoxy) is 1. The Morgan fingerprint density at radius 3 is 2.39 bits per heavy atom. The summed E-state index contributed by atoms with van der Waals surface area (Å²) in [5, 5.41) is 0. The van der Waals surface area contributed by atoms with Crippen LogP contribution in [0.4, 0.5) is 0 Å². The van der Waals surface area contributed by atoms with Gasteiger partial charge in [0.2, 0.25) is 0 Å². The molecule has 1 aromatic rings. The molecule has 0 amide bonds. The fourth-order valence-corrected chi connectivity index (χ4v) is 2.37. The molecular formula is C16H24O2. The lowest BCUT2D eigenvalue weighted by atomic mass is 9.88. The molecule has 0 fully saturated rings. The number of rotatable bonds is 7. The standard InChI is InChI=1S/C16H24O2/c1-5-16(6-2,18-7-3)15(17)12-14-10-8-9-13(4)11-14/h8-11H,5-7,12H2,1-4H3. The fourth-order valence-electron chi connectivity index (χ4n) is 2.37. The molecule has 1 rings (SSSR count). The van der Waals surface area contributed by atoms with Gasteiger partial charge in [-0.2, -0.15) is 0 Å². The molecule has 18 heavy (non-hydrogen) atoms. The molecule has 0 saturated heterocycles. The highest BCUT2D eigenvalue weighted by atomic mass is 16.5. The summed E-state index contributed by atoms with van der Waals surface area (Å²) in [6.45, 7) is 8.62. The molecule has 0 aliphatic heterocycles. The second-order valence-electron chi connectivity index (χ2n) is 4.72. The Bertz CT molecular complexity index is 392. The summed E-state index contributed by atoms with van der Waals surface area (Å²) in [6.07, 6.45) is 1.94. The molecule has 0 atom stereocenters. The third kappa shape index (κ3) is 3.42. The highest BCUT2D eigenvalue weighted by Crippen LogP contribution is 2.24. The first-order valence-corrected chi connectivity index (χ1v) is 6.80. The van der Waals surface area contributed by atoms with E-state index in [2.05, 4.69) is 6.07 Å². The number of hydrogen-bond acceptors (Lipinski definition) is 2. The monoisotopic (exact) mass is 248 g/mol. The summed E-state index contributed by atoms with van der Waals surface area (Å²) in [7, 11) is 0. The van der Waals surface area contributed by atoms with Crippen LogP contribution in [0.3, 0.4) is 0 Å². The molecule has 0 heterocycles. The molecule has 1 aromatic carbocycles. The number of benzene rings is 1. The molecule has 2 heteroatoms. The highest BCUT2D eigenvalue weighted by molar-refractivity contribution is 5.89. The van der Waals surface area contributed by atoms with Crippen molar-refractivity contribution in [3.8, 4) is 0 Å². The average Bonchev–Trinajstić information content (AvgIpc) is 2.36. The lowest BCUT2D eigenvalue weighted by molar-refractivity contribution is -0.144. The van der Waals surface area contributed by atoms with E-state index in [0.717, 1.165) is 18.4 Å². The lowest BCUT2D eigenvalue weighted by Crippen LogP contribution is -2.41. The van der Waals surface area contributed by atoms with E-state index in [4.69, 9.17) is 4.74 Å². The number of carbonyl (C=O) groups is 1. The van der Waals surface area contributed by atoms with Gasteiger partial charge in [-0.15, -0.1) is 0 Å². The minimum atomic E-state index is -0.599. The third-order valence-electron chi connectivity index (χ3n) is 3.52. The number of aryl methyl sites for hydroxylation is 1. The van der Waals surface area contributed by atoms with Crippen LogP contribution in [-0.2, 0) is 16.0 Å². The highest BCUT2D eigenvalue weighted by Gasteiger charge is 2.34. The van der Waals surface area contributed by atoms with E-state index in [1.54, 1.807) is 0 Å². The summed E-state index contributed by atoms with van der Waals surface area (Å²) in [4.78, 5) is 12.5. The Morgan fingerprint density at radius 2 is 1.89 bits per heavy atom. The van der Waals surface area contributed by atoms with Gasteiger partial charge < -0.3 is 4.74 Å². The molecule has 2 nitrogen and oxygen atoms in total. The third-order valence-corrected chi connectivity index (χ3v) is 3.52. The Kier molecular flexibility index (Phi) is 5.54. The number of hydrogen-bond donors (Lipinski definition) is 0. The fraction of sp³-hybridized carbons (Fsp3) is 0.562. The van der Waals surface area contributed by atoms with Crippen LogP contribution in [0.2, 0.25) is 0 Å². The van der Waals surface area contributed by atoms with Crippen molar-refractivity contribution in [2.75, 3.05) is 6.61 Å². The quantitative estimate of drug-likeness (QED) is 0.735. The average molecular weight is 248 g/mol. The molecule has 0 bridgehead atoms. The Labute approximate surface area is 110 Å². The SMILES string of the molecule is CCOC(CC)(CC)C(=O)Cc1cccc(C)c1. The van der Waals surface area contributed by atoms with Gasteiger partial charge in [0.25, 0.3) is 0 Å². The van der Waals surface area contributed by atoms with Crippen molar-refractivity contribution in [2.45, 2.75) is 52.6 Å². The van der Waals surface area contributed by atoms with Crippen molar-refractivity contribution in [1.82, 2.24) is 0 Å². The second-order valence-corrected chi connectivity index (χ2v) is 4.72. The van der Waals surface area contributed by atoms with Crippen LogP contribution in [0.5, 0.6) is 0 Å². The van der Waals surface area contributed by atoms with Crippen molar-refractivity contribution in [3.63, 3.8) is 0 Å². The van der Waals surface area contributed by atoms with E-state index in [-0.39, 0.29) is 5.78 Å². The zero-order valence-electron chi connectivity index (χ0n) is 12.0. The maximum atomic E-state index is 12.5. The molecule has 0 spiro atoms. The van der Waals surface area contributed by atoms with Gasteiger partial charge in [-0.05, 0) is 32.3 Å². The van der Waals surface area contributed by atoms with Crippen molar-refractivity contribution < 1.29 is 9.53 Å². The largest absolute Gasteiger partial charge is 0.368 e. The number of carbonyl (C=O) groups excluding carboxylic acids is 1. The molecular weight excluding hydrogens is 224 g/mol. The van der Waals surface area contributed by atoms with Crippen LogP contribution in [0.25, 0.3) is 0 Å². The normalized spacial score (nSPS) is 11.6. The Balaban J connectivity index is 2.85. The minimum absolute atomic E-state index is 0.194. The Morgan fingerprint density at radius 1 is 1.22 bits per heavy atom. The number of Topliss-reactive ketones (excluding diaryl/α,β-unsaturated/α-hetero) is 1. The molecule has 0 saturated carbocycles. The zero-order valence-corrected chi connectivity index (χ0v) is 12.0.